The molecule has 2 rings (SSSR count). The first-order valence-electron chi connectivity index (χ1n) is 6.91. The molecule has 1 saturated carbocycles. The van der Waals surface area contributed by atoms with Crippen molar-refractivity contribution >= 4 is 17.3 Å². The fraction of sp³-hybridized carbons (Fsp3) is 0.500. The predicted molar refractivity (Wildman–Crippen MR) is 78.5 cm³/mol. The molecule has 0 heterocycles. The monoisotopic (exact) mass is 293 g/mol. The van der Waals surface area contributed by atoms with E-state index in [0.29, 0.717) is 12.1 Å². The van der Waals surface area contributed by atoms with Gasteiger partial charge in [-0.15, -0.1) is 0 Å². The number of carbonyl (C=O) groups is 1. The van der Waals surface area contributed by atoms with Crippen LogP contribution in [0.4, 0.5) is 11.4 Å². The molecule has 1 aliphatic rings. The third-order valence-electron chi connectivity index (χ3n) is 3.60. The lowest BCUT2D eigenvalue weighted by Gasteiger charge is -2.34. The summed E-state index contributed by atoms with van der Waals surface area (Å²) in [6, 6.07) is 4.56. The number of nitro groups is 1. The predicted octanol–water partition coefficient (Wildman–Crippen LogP) is 1.93. The Morgan fingerprint density at radius 1 is 1.48 bits per heavy atom. The highest BCUT2D eigenvalue weighted by Gasteiger charge is 2.31. The highest BCUT2D eigenvalue weighted by atomic mass is 16.6. The minimum absolute atomic E-state index is 0.0659. The van der Waals surface area contributed by atoms with Crippen LogP contribution in [0.2, 0.25) is 0 Å². The van der Waals surface area contributed by atoms with Crippen LogP contribution in [0.1, 0.15) is 30.1 Å². The van der Waals surface area contributed by atoms with Crippen molar-refractivity contribution in [2.45, 2.75) is 31.9 Å². The first kappa shape index (κ1) is 15.2. The van der Waals surface area contributed by atoms with Crippen molar-refractivity contribution in [1.29, 1.82) is 0 Å². The van der Waals surface area contributed by atoms with Gasteiger partial charge in [-0.2, -0.15) is 0 Å². The third-order valence-corrected chi connectivity index (χ3v) is 3.60. The SMILES string of the molecule is CCNc1c(C(=O)NC2CC(OC)C2)cccc1[N+](=O)[O-]. The van der Waals surface area contributed by atoms with E-state index in [-0.39, 0.29) is 29.4 Å². The number of nitrogens with zero attached hydrogens (tertiary/aromatic N) is 1. The van der Waals surface area contributed by atoms with Gasteiger partial charge in [0.2, 0.25) is 0 Å². The van der Waals surface area contributed by atoms with E-state index in [1.165, 1.54) is 12.1 Å². The average Bonchev–Trinajstić information content (AvgIpc) is 2.42. The number of nitrogens with one attached hydrogen (secondary N) is 2. The minimum Gasteiger partial charge on any atom is -0.381 e. The number of amides is 1. The Kier molecular flexibility index (Phi) is 4.74. The Morgan fingerprint density at radius 3 is 2.76 bits per heavy atom. The fourth-order valence-corrected chi connectivity index (χ4v) is 2.38. The molecule has 0 saturated heterocycles. The van der Waals surface area contributed by atoms with Crippen molar-refractivity contribution in [3.8, 4) is 0 Å². The molecule has 1 aromatic carbocycles. The molecule has 7 nitrogen and oxygen atoms in total. The van der Waals surface area contributed by atoms with Crippen LogP contribution in [-0.2, 0) is 4.74 Å². The number of para-hydroxylation sites is 1. The number of hydrogen-bond acceptors (Lipinski definition) is 5. The number of hydrogen-bond donors (Lipinski definition) is 2. The molecule has 0 radical (unpaired) electrons. The van der Waals surface area contributed by atoms with Crippen molar-refractivity contribution in [1.82, 2.24) is 5.32 Å². The number of ether oxygens (including phenoxy) is 1. The Labute approximate surface area is 122 Å². The van der Waals surface area contributed by atoms with E-state index in [2.05, 4.69) is 10.6 Å². The topological polar surface area (TPSA) is 93.5 Å². The summed E-state index contributed by atoms with van der Waals surface area (Å²) in [5.41, 5.74) is 0.477. The number of methoxy groups -OCH3 is 1. The Morgan fingerprint density at radius 2 is 2.19 bits per heavy atom. The molecular weight excluding hydrogens is 274 g/mol. The molecule has 0 spiro atoms. The summed E-state index contributed by atoms with van der Waals surface area (Å²) in [4.78, 5) is 22.9. The van der Waals surface area contributed by atoms with E-state index in [1.807, 2.05) is 6.92 Å². The molecule has 0 unspecified atom stereocenters. The van der Waals surface area contributed by atoms with Gasteiger partial charge < -0.3 is 15.4 Å². The zero-order chi connectivity index (χ0) is 15.4. The molecule has 0 aliphatic heterocycles. The molecule has 114 valence electrons. The lowest BCUT2D eigenvalue weighted by Crippen LogP contribution is -2.47. The van der Waals surface area contributed by atoms with Crippen LogP contribution >= 0.6 is 0 Å². The highest BCUT2D eigenvalue weighted by Crippen LogP contribution is 2.29. The van der Waals surface area contributed by atoms with E-state index < -0.39 is 4.92 Å². The number of benzene rings is 1. The van der Waals surface area contributed by atoms with Crippen LogP contribution < -0.4 is 10.6 Å². The standard InChI is InChI=1S/C14H19N3O4/c1-3-15-13-11(5-4-6-12(13)17(19)20)14(18)16-9-7-10(8-9)21-2/h4-6,9-10,15H,3,7-8H2,1-2H3,(H,16,18). The number of rotatable bonds is 6. The summed E-state index contributed by atoms with van der Waals surface area (Å²) >= 11 is 0. The van der Waals surface area contributed by atoms with Crippen molar-refractivity contribution in [2.24, 2.45) is 0 Å². The van der Waals surface area contributed by atoms with Crippen molar-refractivity contribution < 1.29 is 14.5 Å². The molecule has 1 fully saturated rings. The van der Waals surface area contributed by atoms with Gasteiger partial charge in [0, 0.05) is 25.8 Å². The maximum atomic E-state index is 12.3. The summed E-state index contributed by atoms with van der Waals surface area (Å²) in [5.74, 6) is -0.297. The Balaban J connectivity index is 2.16. The summed E-state index contributed by atoms with van der Waals surface area (Å²) in [6.45, 7) is 2.33. The maximum absolute atomic E-state index is 12.3. The quantitative estimate of drug-likeness (QED) is 0.617. The zero-order valence-electron chi connectivity index (χ0n) is 12.1. The van der Waals surface area contributed by atoms with Gasteiger partial charge in [-0.25, -0.2) is 0 Å². The second-order valence-electron chi connectivity index (χ2n) is 4.99. The molecule has 1 amide bonds. The zero-order valence-corrected chi connectivity index (χ0v) is 12.1. The molecule has 0 aromatic heterocycles. The average molecular weight is 293 g/mol. The van der Waals surface area contributed by atoms with Gasteiger partial charge in [0.15, 0.2) is 0 Å². The molecule has 0 bridgehead atoms. The van der Waals surface area contributed by atoms with Gasteiger partial charge in [0.1, 0.15) is 5.69 Å². The van der Waals surface area contributed by atoms with Gasteiger partial charge in [-0.05, 0) is 25.8 Å². The van der Waals surface area contributed by atoms with E-state index in [4.69, 9.17) is 4.74 Å². The molecule has 7 heteroatoms. The summed E-state index contributed by atoms with van der Waals surface area (Å²) in [6.07, 6.45) is 1.73. The summed E-state index contributed by atoms with van der Waals surface area (Å²) in [5, 5.41) is 16.8. The Bertz CT molecular complexity index is 541. The molecule has 1 aromatic rings. The van der Waals surface area contributed by atoms with Gasteiger partial charge in [0.05, 0.1) is 16.6 Å². The van der Waals surface area contributed by atoms with Crippen molar-refractivity contribution in [3.63, 3.8) is 0 Å². The largest absolute Gasteiger partial charge is 0.381 e. The van der Waals surface area contributed by atoms with Crippen LogP contribution in [0.3, 0.4) is 0 Å². The van der Waals surface area contributed by atoms with Crippen molar-refractivity contribution in [2.75, 3.05) is 19.0 Å². The normalized spacial score (nSPS) is 20.5. The number of anilines is 1. The van der Waals surface area contributed by atoms with E-state index >= 15 is 0 Å². The molecule has 2 N–H and O–H groups in total. The second kappa shape index (κ2) is 6.53. The lowest BCUT2D eigenvalue weighted by atomic mass is 9.89. The third kappa shape index (κ3) is 3.30. The maximum Gasteiger partial charge on any atom is 0.293 e. The van der Waals surface area contributed by atoms with Crippen molar-refractivity contribution in [3.05, 3.63) is 33.9 Å². The minimum atomic E-state index is -0.487. The van der Waals surface area contributed by atoms with Gasteiger partial charge >= 0.3 is 0 Å². The Hall–Kier alpha value is -2.15. The van der Waals surface area contributed by atoms with Gasteiger partial charge in [0.25, 0.3) is 11.6 Å². The number of nitro benzene ring substituents is 1. The first-order chi connectivity index (χ1) is 10.1. The molecular formula is C14H19N3O4. The van der Waals surface area contributed by atoms with E-state index in [1.54, 1.807) is 13.2 Å². The lowest BCUT2D eigenvalue weighted by molar-refractivity contribution is -0.384. The van der Waals surface area contributed by atoms with Crippen LogP contribution in [0.25, 0.3) is 0 Å². The molecule has 0 atom stereocenters. The fourth-order valence-electron chi connectivity index (χ4n) is 2.38. The highest BCUT2D eigenvalue weighted by molar-refractivity contribution is 6.01. The summed E-state index contributed by atoms with van der Waals surface area (Å²) < 4.78 is 5.16. The van der Waals surface area contributed by atoms with Gasteiger partial charge in [-0.1, -0.05) is 6.07 Å². The van der Waals surface area contributed by atoms with E-state index in [9.17, 15) is 14.9 Å². The summed E-state index contributed by atoms with van der Waals surface area (Å²) in [7, 11) is 1.65. The van der Waals surface area contributed by atoms with Crippen LogP contribution in [0.15, 0.2) is 18.2 Å². The van der Waals surface area contributed by atoms with Crippen LogP contribution in [0.5, 0.6) is 0 Å². The van der Waals surface area contributed by atoms with Gasteiger partial charge in [-0.3, -0.25) is 14.9 Å². The second-order valence-corrected chi connectivity index (χ2v) is 4.99. The van der Waals surface area contributed by atoms with Crippen LogP contribution in [0, 0.1) is 10.1 Å². The van der Waals surface area contributed by atoms with E-state index in [0.717, 1.165) is 12.8 Å². The first-order valence-corrected chi connectivity index (χ1v) is 6.91. The molecule has 1 aliphatic carbocycles. The smallest absolute Gasteiger partial charge is 0.293 e. The molecule has 21 heavy (non-hydrogen) atoms. The number of carbonyl (C=O) groups excluding carboxylic acids is 1. The van der Waals surface area contributed by atoms with Crippen LogP contribution in [-0.4, -0.2) is 36.6 Å².